The number of ether oxygens (including phenoxy) is 5. The van der Waals surface area contributed by atoms with Gasteiger partial charge in [-0.15, -0.1) is 0 Å². The molecule has 4 heterocycles. The summed E-state index contributed by atoms with van der Waals surface area (Å²) in [5, 5.41) is 156. The van der Waals surface area contributed by atoms with Gasteiger partial charge in [-0.2, -0.15) is 0 Å². The number of ketones is 2. The van der Waals surface area contributed by atoms with Crippen LogP contribution in [-0.2, 0) is 47.7 Å². The summed E-state index contributed by atoms with van der Waals surface area (Å²) in [6.45, 7) is 5.14. The Balaban J connectivity index is 0.00000169. The highest BCUT2D eigenvalue weighted by Crippen LogP contribution is 2.39. The van der Waals surface area contributed by atoms with E-state index < -0.39 is 215 Å². The van der Waals surface area contributed by atoms with Crippen LogP contribution in [0.3, 0.4) is 0 Å². The standard InChI is InChI=1S/C67H103N5O19.C6H8O6/c1-42-21-19-17-15-13-11-9-10-12-14-16-18-20-22-54(89-66-63(85)61(62(84)44(3)88-66)70-58(82)41-72(7)8)38-57-60(65(86)69-29-30-71(5)6)56(81)40-67(87,91-57)39-53(79)35-51(77)33-49(75)31-48(74)32-50(76)34-52(78)37-59(83)90-64(42)43(2)23-28-47(73)36-55(80)45-24-26-46(68-4)27-25-45;7-1-2(8)5-3(9)4(10)6(11)12-5/h9-22,24-27,42-44,47-49,51-54,56-57,60-64,66,68,73-75,77-79,81,84-85,87H,23,28-41H2,1-8H3,(H,69,86)(H,70,82);2,5,7-10H,1H2/b10-9+,13-11+,14-12+,17-15+,18-16+,21-19+,22-20+;/t42-,43-,44?,47?,48?,49?,51?,52+,53?,54-,56-,57-,60-,61-,62+,63-,64-,66+,67+;2-,5+/m00/s1. The first-order chi connectivity index (χ1) is 48.6. The number of likely N-dealkylation sites (N-methyl/N-ethyl adjacent to an activating group) is 2. The molecule has 0 aliphatic carbocycles. The zero-order valence-electron chi connectivity index (χ0n) is 59.9. The number of aliphatic hydroxyl groups excluding tert-OH is 13. The van der Waals surface area contributed by atoms with Crippen LogP contribution in [0.15, 0.2) is 121 Å². The number of aliphatic hydroxyl groups is 14. The number of allylic oxidation sites excluding steroid dienone is 12. The lowest BCUT2D eigenvalue weighted by molar-refractivity contribution is -0.307. The van der Waals surface area contributed by atoms with Crippen molar-refractivity contribution in [3.8, 4) is 0 Å². The first kappa shape index (κ1) is 88.5. The third kappa shape index (κ3) is 31.4. The molecule has 4 aliphatic rings. The quantitative estimate of drug-likeness (QED) is 0.0668. The normalized spacial score (nSPS) is 33.8. The highest BCUT2D eigenvalue weighted by Gasteiger charge is 2.51. The van der Waals surface area contributed by atoms with Crippen molar-refractivity contribution in [1.82, 2.24) is 20.4 Å². The first-order valence-electron chi connectivity index (χ1n) is 34.7. The molecule has 2 saturated heterocycles. The summed E-state index contributed by atoms with van der Waals surface area (Å²) in [5.41, 5.74) is 1.30. The Labute approximate surface area is 601 Å². The number of Topliss-reactive ketones (excluding diaryl/α,β-unsaturated/α-hetero) is 2. The van der Waals surface area contributed by atoms with Crippen LogP contribution in [0.4, 0.5) is 5.69 Å². The van der Waals surface area contributed by atoms with Crippen molar-refractivity contribution in [2.24, 2.45) is 17.8 Å². The third-order valence-corrected chi connectivity index (χ3v) is 17.5. The first-order valence-corrected chi connectivity index (χ1v) is 34.7. The van der Waals surface area contributed by atoms with Crippen molar-refractivity contribution in [3.63, 3.8) is 0 Å². The molecule has 2 amide bonds. The lowest BCUT2D eigenvalue weighted by Gasteiger charge is -2.46. The molecule has 6 unspecified atom stereocenters. The van der Waals surface area contributed by atoms with Gasteiger partial charge in [0, 0.05) is 75.8 Å². The van der Waals surface area contributed by atoms with E-state index >= 15 is 0 Å². The molecule has 21 atom stereocenters. The largest absolute Gasteiger partial charge is 0.505 e. The van der Waals surface area contributed by atoms with Gasteiger partial charge in [0.05, 0.1) is 92.6 Å². The van der Waals surface area contributed by atoms with Gasteiger partial charge in [0.2, 0.25) is 17.6 Å². The number of hydrogen-bond donors (Lipinski definition) is 17. The van der Waals surface area contributed by atoms with Crippen LogP contribution in [0.25, 0.3) is 0 Å². The lowest BCUT2D eigenvalue weighted by atomic mass is 9.82. The van der Waals surface area contributed by atoms with Crippen molar-refractivity contribution in [3.05, 3.63) is 126 Å². The summed E-state index contributed by atoms with van der Waals surface area (Å²) >= 11 is 0. The molecule has 2 bridgehead atoms. The van der Waals surface area contributed by atoms with E-state index in [1.807, 2.05) is 38.9 Å². The van der Waals surface area contributed by atoms with Gasteiger partial charge in [-0.1, -0.05) is 98.9 Å². The molecule has 0 saturated carbocycles. The van der Waals surface area contributed by atoms with Gasteiger partial charge in [0.25, 0.3) is 0 Å². The molecule has 1 aromatic carbocycles. The summed E-state index contributed by atoms with van der Waals surface area (Å²) in [6.07, 6.45) is -0.589. The van der Waals surface area contributed by atoms with Gasteiger partial charge in [0.1, 0.15) is 30.2 Å². The maximum Gasteiger partial charge on any atom is 0.377 e. The number of fused-ring (bicyclic) bond motifs is 2. The van der Waals surface area contributed by atoms with Crippen LogP contribution in [0.2, 0.25) is 0 Å². The Bertz CT molecular complexity index is 3060. The maximum absolute atomic E-state index is 14.0. The molecular formula is C73H111N5O25. The Morgan fingerprint density at radius 1 is 0.699 bits per heavy atom. The minimum absolute atomic E-state index is 0.0513. The number of benzene rings is 1. The summed E-state index contributed by atoms with van der Waals surface area (Å²) in [4.78, 5) is 80.3. The molecule has 0 aromatic heterocycles. The van der Waals surface area contributed by atoms with E-state index in [4.69, 9.17) is 39.4 Å². The molecule has 1 aromatic rings. The SMILES string of the molecule is CNc1ccc(C(=O)CC(O)CC[C@H](C)[C@H]2OC(=O)C[C@H](O)CC(=O)CC(O)CC(O)CC(O)CC(O)C[C@]3(O)C[C@H](O)[C@H](C(=O)NCCN(C)C)[C@H](C[C@@H](O[C@H]4OC(C)[C@@H](O)[C@H](NC(=O)CN(C)C)[C@@H]4O)/C=C/C=C/C=C/C=C/C=C/C=C/C=C/[C@@H]2C)O3)cc1.O=C1O[C@H]([C@@H](O)CO)C(O)=C1O. The van der Waals surface area contributed by atoms with E-state index in [0.29, 0.717) is 18.5 Å². The number of nitrogens with zero attached hydrogens (tertiary/aromatic N) is 2. The van der Waals surface area contributed by atoms with Crippen LogP contribution < -0.4 is 16.0 Å². The highest BCUT2D eigenvalue weighted by molar-refractivity contribution is 5.96. The molecule has 2 fully saturated rings. The molecule has 0 radical (unpaired) electrons. The van der Waals surface area contributed by atoms with Crippen LogP contribution in [0.1, 0.15) is 108 Å². The summed E-state index contributed by atoms with van der Waals surface area (Å²) < 4.78 is 28.9. The average Bonchev–Trinajstić information content (AvgIpc) is 1.51. The second-order valence-electron chi connectivity index (χ2n) is 27.2. The van der Waals surface area contributed by atoms with Gasteiger partial charge in [-0.25, -0.2) is 4.79 Å². The van der Waals surface area contributed by atoms with E-state index in [2.05, 4.69) is 20.7 Å². The number of carbonyl (C=O) groups is 6. The zero-order chi connectivity index (χ0) is 76.7. The molecule has 30 nitrogen and oxygen atoms in total. The number of cyclic esters (lactones) is 2. The van der Waals surface area contributed by atoms with Crippen molar-refractivity contribution in [2.75, 3.05) is 66.8 Å². The number of hydrogen-bond acceptors (Lipinski definition) is 28. The summed E-state index contributed by atoms with van der Waals surface area (Å²) in [6, 6.07) is 5.68. The highest BCUT2D eigenvalue weighted by atomic mass is 16.7. The van der Waals surface area contributed by atoms with Crippen LogP contribution >= 0.6 is 0 Å². The predicted octanol–water partition coefficient (Wildman–Crippen LogP) is 0.651. The van der Waals surface area contributed by atoms with Crippen molar-refractivity contribution >= 4 is 41.0 Å². The fraction of sp³-hybridized carbons (Fsp3) is 0.616. The minimum Gasteiger partial charge on any atom is -0.505 e. The number of amides is 2. The van der Waals surface area contributed by atoms with Gasteiger partial charge in [-0.05, 0) is 97.4 Å². The number of carbonyl (C=O) groups excluding carboxylic acids is 6. The van der Waals surface area contributed by atoms with Gasteiger partial charge in [-0.3, -0.25) is 24.0 Å². The predicted molar refractivity (Wildman–Crippen MR) is 377 cm³/mol. The molecule has 103 heavy (non-hydrogen) atoms. The molecule has 0 spiro atoms. The molecule has 30 heteroatoms. The maximum atomic E-state index is 14.0. The van der Waals surface area contributed by atoms with E-state index in [1.165, 1.54) is 6.92 Å². The third-order valence-electron chi connectivity index (χ3n) is 17.5. The molecule has 578 valence electrons. The fourth-order valence-electron chi connectivity index (χ4n) is 12.1. The lowest BCUT2D eigenvalue weighted by Crippen LogP contribution is -2.64. The fourth-order valence-corrected chi connectivity index (χ4v) is 12.1. The smallest absolute Gasteiger partial charge is 0.377 e. The Kier molecular flexibility index (Phi) is 38.5. The Morgan fingerprint density at radius 3 is 1.83 bits per heavy atom. The molecule has 17 N–H and O–H groups in total. The van der Waals surface area contributed by atoms with Crippen LogP contribution in [0.5, 0.6) is 0 Å². The second-order valence-corrected chi connectivity index (χ2v) is 27.2. The summed E-state index contributed by atoms with van der Waals surface area (Å²) in [5.74, 6) is -9.88. The zero-order valence-corrected chi connectivity index (χ0v) is 59.9. The van der Waals surface area contributed by atoms with Crippen molar-refractivity contribution < 1.29 is 124 Å². The van der Waals surface area contributed by atoms with Crippen LogP contribution in [-0.4, -0.2) is 288 Å². The monoisotopic (exact) mass is 1460 g/mol. The average molecular weight is 1460 g/mol. The van der Waals surface area contributed by atoms with E-state index in [0.717, 1.165) is 5.69 Å². The van der Waals surface area contributed by atoms with Gasteiger partial charge in [0.15, 0.2) is 29.7 Å². The molecular weight excluding hydrogens is 1350 g/mol. The van der Waals surface area contributed by atoms with Gasteiger partial charge < -0.3 is 121 Å². The van der Waals surface area contributed by atoms with Gasteiger partial charge >= 0.3 is 11.9 Å². The number of nitrogens with one attached hydrogen (secondary N) is 3. The topological polar surface area (TPSA) is 474 Å². The van der Waals surface area contributed by atoms with Crippen molar-refractivity contribution in [1.29, 1.82) is 0 Å². The van der Waals surface area contributed by atoms with Crippen LogP contribution in [0, 0.1) is 17.8 Å². The number of esters is 2. The summed E-state index contributed by atoms with van der Waals surface area (Å²) in [7, 11) is 8.75. The van der Waals surface area contributed by atoms with E-state index in [-0.39, 0.29) is 50.0 Å². The van der Waals surface area contributed by atoms with E-state index in [9.17, 15) is 79.8 Å². The second kappa shape index (κ2) is 44.8. The van der Waals surface area contributed by atoms with E-state index in [1.54, 1.807) is 129 Å². The molecule has 5 rings (SSSR count). The van der Waals surface area contributed by atoms with Crippen molar-refractivity contribution in [2.45, 2.75) is 207 Å². The number of anilines is 1. The number of rotatable bonds is 19. The minimum atomic E-state index is -2.32. The Morgan fingerprint density at radius 2 is 1.27 bits per heavy atom. The Hall–Kier alpha value is -6.92. The molecule has 4 aliphatic heterocycles.